The fourth-order valence-corrected chi connectivity index (χ4v) is 2.51. The molecule has 0 atom stereocenters. The Morgan fingerprint density at radius 1 is 0.846 bits per heavy atom. The number of carbonyl (C=O) groups is 1. The molecule has 0 bridgehead atoms. The van der Waals surface area contributed by atoms with E-state index in [2.05, 4.69) is 20.8 Å². The third kappa shape index (κ3) is 3.56. The van der Waals surface area contributed by atoms with Crippen molar-refractivity contribution in [1.29, 1.82) is 0 Å². The van der Waals surface area contributed by atoms with Gasteiger partial charge in [0.2, 0.25) is 0 Å². The first kappa shape index (κ1) is 15.9. The smallest absolute Gasteiger partial charge is 0.276 e. The average Bonchev–Trinajstić information content (AvgIpc) is 2.69. The monoisotopic (exact) mass is 348 g/mol. The van der Waals surface area contributed by atoms with Gasteiger partial charge in [-0.15, -0.1) is 10.2 Å². The highest BCUT2D eigenvalue weighted by Gasteiger charge is 2.14. The van der Waals surface area contributed by atoms with Gasteiger partial charge in [0.1, 0.15) is 13.2 Å². The molecule has 0 saturated heterocycles. The minimum Gasteiger partial charge on any atom is -0.486 e. The standard InChI is InChI=1S/C19H16N4O3/c24-19(21-14-6-8-16-17(12-14)26-11-10-25-16)15-7-9-18(23-22-15)20-13-4-2-1-3-5-13/h1-9,12H,10-11H2,(H,20,23)(H,21,24). The lowest BCUT2D eigenvalue weighted by atomic mass is 10.2. The van der Waals surface area contributed by atoms with Crippen LogP contribution >= 0.6 is 0 Å². The minimum absolute atomic E-state index is 0.221. The number of aromatic nitrogens is 2. The molecule has 1 amide bonds. The number of amides is 1. The lowest BCUT2D eigenvalue weighted by Crippen LogP contribution is -2.17. The van der Waals surface area contributed by atoms with Crippen LogP contribution in [0.5, 0.6) is 11.5 Å². The predicted octanol–water partition coefficient (Wildman–Crippen LogP) is 3.24. The van der Waals surface area contributed by atoms with Crippen LogP contribution in [0.15, 0.2) is 60.7 Å². The maximum absolute atomic E-state index is 12.3. The van der Waals surface area contributed by atoms with Crippen LogP contribution in [0.2, 0.25) is 0 Å². The summed E-state index contributed by atoms with van der Waals surface area (Å²) in [4.78, 5) is 12.3. The summed E-state index contributed by atoms with van der Waals surface area (Å²) in [6, 6.07) is 18.2. The highest BCUT2D eigenvalue weighted by molar-refractivity contribution is 6.03. The van der Waals surface area contributed by atoms with E-state index in [1.807, 2.05) is 30.3 Å². The van der Waals surface area contributed by atoms with Crippen molar-refractivity contribution in [2.45, 2.75) is 0 Å². The minimum atomic E-state index is -0.347. The summed E-state index contributed by atoms with van der Waals surface area (Å²) in [5, 5.41) is 13.9. The molecule has 1 aromatic heterocycles. The van der Waals surface area contributed by atoms with Gasteiger partial charge in [-0.25, -0.2) is 0 Å². The number of nitrogens with zero attached hydrogens (tertiary/aromatic N) is 2. The molecule has 3 aromatic rings. The van der Waals surface area contributed by atoms with E-state index >= 15 is 0 Å². The molecule has 1 aliphatic rings. The summed E-state index contributed by atoms with van der Waals surface area (Å²) < 4.78 is 11.0. The summed E-state index contributed by atoms with van der Waals surface area (Å²) in [7, 11) is 0. The molecule has 0 spiro atoms. The van der Waals surface area contributed by atoms with Gasteiger partial charge in [0, 0.05) is 17.4 Å². The van der Waals surface area contributed by atoms with E-state index in [9.17, 15) is 4.79 Å². The van der Waals surface area contributed by atoms with Gasteiger partial charge in [0.25, 0.3) is 5.91 Å². The molecular weight excluding hydrogens is 332 g/mol. The Hall–Kier alpha value is -3.61. The van der Waals surface area contributed by atoms with Crippen molar-refractivity contribution in [2.75, 3.05) is 23.8 Å². The number of benzene rings is 2. The summed E-state index contributed by atoms with van der Waals surface area (Å²) in [6.45, 7) is 1.02. The highest BCUT2D eigenvalue weighted by atomic mass is 16.6. The van der Waals surface area contributed by atoms with Gasteiger partial charge in [-0.05, 0) is 36.4 Å². The van der Waals surface area contributed by atoms with Gasteiger partial charge < -0.3 is 20.1 Å². The van der Waals surface area contributed by atoms with Crippen molar-refractivity contribution in [1.82, 2.24) is 10.2 Å². The molecule has 4 rings (SSSR count). The van der Waals surface area contributed by atoms with E-state index in [0.29, 0.717) is 36.2 Å². The van der Waals surface area contributed by atoms with Crippen LogP contribution in [0.1, 0.15) is 10.5 Å². The summed E-state index contributed by atoms with van der Waals surface area (Å²) in [6.07, 6.45) is 0. The number of carbonyl (C=O) groups excluding carboxylic acids is 1. The van der Waals surface area contributed by atoms with Crippen LogP contribution in [-0.4, -0.2) is 29.3 Å². The molecule has 26 heavy (non-hydrogen) atoms. The van der Waals surface area contributed by atoms with Gasteiger partial charge in [-0.1, -0.05) is 18.2 Å². The number of para-hydroxylation sites is 1. The van der Waals surface area contributed by atoms with Crippen molar-refractivity contribution in [3.63, 3.8) is 0 Å². The van der Waals surface area contributed by atoms with Crippen molar-refractivity contribution in [3.05, 3.63) is 66.4 Å². The molecule has 130 valence electrons. The molecule has 0 unspecified atom stereocenters. The Morgan fingerprint density at radius 3 is 2.42 bits per heavy atom. The second-order valence-corrected chi connectivity index (χ2v) is 5.61. The topological polar surface area (TPSA) is 85.4 Å². The zero-order valence-corrected chi connectivity index (χ0v) is 13.8. The Kier molecular flexibility index (Phi) is 4.34. The number of rotatable bonds is 4. The van der Waals surface area contributed by atoms with Gasteiger partial charge in [-0.3, -0.25) is 4.79 Å². The first-order valence-electron chi connectivity index (χ1n) is 8.15. The molecule has 7 heteroatoms. The summed E-state index contributed by atoms with van der Waals surface area (Å²) in [5.74, 6) is 1.50. The zero-order valence-electron chi connectivity index (χ0n) is 13.8. The molecule has 0 aliphatic carbocycles. The third-order valence-electron chi connectivity index (χ3n) is 3.74. The first-order valence-corrected chi connectivity index (χ1v) is 8.15. The van der Waals surface area contributed by atoms with Crippen LogP contribution in [0.3, 0.4) is 0 Å². The lowest BCUT2D eigenvalue weighted by Gasteiger charge is -2.18. The number of hydrogen-bond acceptors (Lipinski definition) is 6. The van der Waals surface area contributed by atoms with E-state index in [1.54, 1.807) is 30.3 Å². The molecule has 7 nitrogen and oxygen atoms in total. The van der Waals surface area contributed by atoms with Crippen molar-refractivity contribution < 1.29 is 14.3 Å². The second kappa shape index (κ2) is 7.10. The zero-order chi connectivity index (χ0) is 17.8. The molecule has 0 fully saturated rings. The number of hydrogen-bond donors (Lipinski definition) is 2. The SMILES string of the molecule is O=C(Nc1ccc2c(c1)OCCO2)c1ccc(Nc2ccccc2)nn1. The van der Waals surface area contributed by atoms with E-state index in [0.717, 1.165) is 5.69 Å². The molecule has 2 heterocycles. The first-order chi connectivity index (χ1) is 12.8. The fraction of sp³-hybridized carbons (Fsp3) is 0.105. The molecule has 2 N–H and O–H groups in total. The van der Waals surface area contributed by atoms with Crippen LogP contribution in [-0.2, 0) is 0 Å². The Morgan fingerprint density at radius 2 is 1.65 bits per heavy atom. The molecule has 0 saturated carbocycles. The van der Waals surface area contributed by atoms with Crippen molar-refractivity contribution >= 4 is 23.1 Å². The van der Waals surface area contributed by atoms with E-state index < -0.39 is 0 Å². The van der Waals surface area contributed by atoms with Crippen LogP contribution in [0.4, 0.5) is 17.2 Å². The van der Waals surface area contributed by atoms with Crippen LogP contribution in [0.25, 0.3) is 0 Å². The summed E-state index contributed by atoms with van der Waals surface area (Å²) >= 11 is 0. The third-order valence-corrected chi connectivity index (χ3v) is 3.74. The van der Waals surface area contributed by atoms with Crippen LogP contribution < -0.4 is 20.1 Å². The van der Waals surface area contributed by atoms with Crippen LogP contribution in [0, 0.1) is 0 Å². The van der Waals surface area contributed by atoms with E-state index in [-0.39, 0.29) is 11.6 Å². The van der Waals surface area contributed by atoms with Gasteiger partial charge >= 0.3 is 0 Å². The largest absolute Gasteiger partial charge is 0.486 e. The number of fused-ring (bicyclic) bond motifs is 1. The predicted molar refractivity (Wildman–Crippen MR) is 97.1 cm³/mol. The maximum atomic E-state index is 12.3. The molecule has 0 radical (unpaired) electrons. The normalized spacial score (nSPS) is 12.3. The quantitative estimate of drug-likeness (QED) is 0.753. The average molecular weight is 348 g/mol. The fourth-order valence-electron chi connectivity index (χ4n) is 2.51. The Balaban J connectivity index is 1.43. The van der Waals surface area contributed by atoms with Crippen molar-refractivity contribution in [2.24, 2.45) is 0 Å². The second-order valence-electron chi connectivity index (χ2n) is 5.61. The van der Waals surface area contributed by atoms with Crippen molar-refractivity contribution in [3.8, 4) is 11.5 Å². The van der Waals surface area contributed by atoms with E-state index in [1.165, 1.54) is 0 Å². The lowest BCUT2D eigenvalue weighted by molar-refractivity contribution is 0.102. The maximum Gasteiger partial charge on any atom is 0.276 e. The molecular formula is C19H16N4O3. The van der Waals surface area contributed by atoms with E-state index in [4.69, 9.17) is 9.47 Å². The van der Waals surface area contributed by atoms with Gasteiger partial charge in [0.05, 0.1) is 0 Å². The number of anilines is 3. The molecule has 1 aliphatic heterocycles. The van der Waals surface area contributed by atoms with Gasteiger partial charge in [0.15, 0.2) is 23.0 Å². The number of nitrogens with one attached hydrogen (secondary N) is 2. The summed E-state index contributed by atoms with van der Waals surface area (Å²) in [5.41, 5.74) is 1.72. The Bertz CT molecular complexity index is 914. The van der Waals surface area contributed by atoms with Gasteiger partial charge in [-0.2, -0.15) is 0 Å². The molecule has 2 aromatic carbocycles. The highest BCUT2D eigenvalue weighted by Crippen LogP contribution is 2.32. The number of ether oxygens (including phenoxy) is 2. The Labute approximate surface area is 150 Å².